The lowest BCUT2D eigenvalue weighted by molar-refractivity contribution is 0.619. The summed E-state index contributed by atoms with van der Waals surface area (Å²) in [7, 11) is 0. The van der Waals surface area contributed by atoms with Gasteiger partial charge in [-0.1, -0.05) is 78.9 Å². The lowest BCUT2D eigenvalue weighted by Crippen LogP contribution is -2.38. The van der Waals surface area contributed by atoms with Gasteiger partial charge < -0.3 is 0 Å². The Morgan fingerprint density at radius 1 is 0.520 bits per heavy atom. The van der Waals surface area contributed by atoms with Crippen LogP contribution in [-0.4, -0.2) is 20.0 Å². The molecule has 8 aromatic carbocycles. The smallest absolute Gasteiger partial charge is 0.264 e. The number of aromatic nitrogens is 3. The van der Waals surface area contributed by atoms with Crippen molar-refractivity contribution in [2.24, 2.45) is 4.99 Å². The van der Waals surface area contributed by atoms with E-state index in [1.165, 1.54) is 0 Å². The number of hydrogen-bond donors (Lipinski definition) is 0. The second-order valence-corrected chi connectivity index (χ2v) is 14.0. The summed E-state index contributed by atoms with van der Waals surface area (Å²) in [6, 6.07) is 37.1. The molecule has 6 nitrogen and oxygen atoms in total. The summed E-state index contributed by atoms with van der Waals surface area (Å²) in [6.07, 6.45) is 4.38. The van der Waals surface area contributed by atoms with E-state index in [1.54, 1.807) is 4.40 Å². The Morgan fingerprint density at radius 3 is 1.78 bits per heavy atom. The maximum atomic E-state index is 14.4. The second kappa shape index (κ2) is 8.31. The van der Waals surface area contributed by atoms with Crippen molar-refractivity contribution in [2.45, 2.75) is 12.1 Å². The molecule has 6 heteroatoms. The molecule has 11 aromatic rings. The predicted octanol–water partition coefficient (Wildman–Crippen LogP) is 6.49. The lowest BCUT2D eigenvalue weighted by atomic mass is 9.86. The number of fused-ring (bicyclic) bond motifs is 12. The molecule has 0 amide bonds. The molecule has 0 spiro atoms. The van der Waals surface area contributed by atoms with Crippen LogP contribution >= 0.6 is 0 Å². The minimum Gasteiger partial charge on any atom is -0.283 e. The summed E-state index contributed by atoms with van der Waals surface area (Å²) in [5, 5.41) is 16.1. The lowest BCUT2D eigenvalue weighted by Gasteiger charge is -2.20. The Kier molecular flexibility index (Phi) is 4.21. The molecule has 0 N–H and O–H groups in total. The summed E-state index contributed by atoms with van der Waals surface area (Å²) < 4.78 is 3.69. The Morgan fingerprint density at radius 2 is 1.06 bits per heavy atom. The van der Waals surface area contributed by atoms with E-state index in [0.717, 1.165) is 91.6 Å². The first kappa shape index (κ1) is 25.4. The van der Waals surface area contributed by atoms with Gasteiger partial charge in [0.15, 0.2) is 0 Å². The van der Waals surface area contributed by atoms with Crippen LogP contribution in [0.2, 0.25) is 0 Å². The fourth-order valence-electron chi connectivity index (χ4n) is 9.51. The summed E-state index contributed by atoms with van der Waals surface area (Å²) in [6.45, 7) is 0. The van der Waals surface area contributed by atoms with E-state index in [-0.39, 0.29) is 23.2 Å². The third-order valence-corrected chi connectivity index (χ3v) is 11.6. The molecule has 4 heterocycles. The third kappa shape index (κ3) is 2.79. The average Bonchev–Trinajstić information content (AvgIpc) is 3.72. The normalized spacial score (nSPS) is 17.0. The van der Waals surface area contributed by atoms with E-state index >= 15 is 0 Å². The minimum atomic E-state index is -0.153. The van der Waals surface area contributed by atoms with E-state index in [9.17, 15) is 9.59 Å². The second-order valence-electron chi connectivity index (χ2n) is 14.0. The van der Waals surface area contributed by atoms with Crippen LogP contribution in [0.5, 0.6) is 0 Å². The van der Waals surface area contributed by atoms with Gasteiger partial charge in [-0.15, -0.1) is 0 Å². The summed E-state index contributed by atoms with van der Waals surface area (Å²) >= 11 is 0. The molecule has 0 fully saturated rings. The van der Waals surface area contributed by atoms with Crippen molar-refractivity contribution in [1.82, 2.24) is 14.0 Å². The molecule has 0 bridgehead atoms. The van der Waals surface area contributed by atoms with Crippen molar-refractivity contribution in [2.75, 3.05) is 0 Å². The minimum absolute atomic E-state index is 0.00955. The molecule has 50 heavy (non-hydrogen) atoms. The monoisotopic (exact) mass is 638 g/mol. The van der Waals surface area contributed by atoms with Gasteiger partial charge in [0.2, 0.25) is 0 Å². The zero-order valence-electron chi connectivity index (χ0n) is 26.3. The van der Waals surface area contributed by atoms with Gasteiger partial charge in [-0.2, -0.15) is 0 Å². The summed E-state index contributed by atoms with van der Waals surface area (Å²) in [4.78, 5) is 39.1. The summed E-state index contributed by atoms with van der Waals surface area (Å²) in [5.74, 6) is 0. The highest BCUT2D eigenvalue weighted by Crippen LogP contribution is 2.45. The fraction of sp³-hybridized carbons (Fsp3) is 0.0455. The molecule has 0 radical (unpaired) electrons. The molecule has 3 aromatic heterocycles. The molecule has 0 saturated heterocycles. The number of pyridine rings is 2. The van der Waals surface area contributed by atoms with Crippen LogP contribution < -0.4 is 27.0 Å². The number of nitrogens with zero attached hydrogens (tertiary/aromatic N) is 4. The van der Waals surface area contributed by atoms with Crippen molar-refractivity contribution in [3.63, 3.8) is 0 Å². The first-order chi connectivity index (χ1) is 24.6. The van der Waals surface area contributed by atoms with Gasteiger partial charge in [0.05, 0.1) is 23.1 Å². The molecule has 0 saturated carbocycles. The third-order valence-electron chi connectivity index (χ3n) is 11.6. The Balaban J connectivity index is 1.17. The SMILES string of the molecule is O=c1c2ccc3c4ccc5c(=O)n6c7cc8ccccc8cc7nc6c6ccc(c7ccc(c8n1C1C=c9ccccc9=CC1N=8)c2c37)c4c56. The highest BCUT2D eigenvalue weighted by Gasteiger charge is 2.31. The van der Waals surface area contributed by atoms with Crippen molar-refractivity contribution in [3.8, 4) is 0 Å². The first-order valence-electron chi connectivity index (χ1n) is 17.0. The van der Waals surface area contributed by atoms with Crippen LogP contribution in [0.1, 0.15) is 6.04 Å². The molecule has 2 aliphatic rings. The zero-order valence-corrected chi connectivity index (χ0v) is 26.3. The number of rotatable bonds is 0. The van der Waals surface area contributed by atoms with Gasteiger partial charge in [-0.25, -0.2) is 4.98 Å². The predicted molar refractivity (Wildman–Crippen MR) is 202 cm³/mol. The Bertz CT molecular complexity index is 3710. The van der Waals surface area contributed by atoms with Gasteiger partial charge in [-0.3, -0.25) is 23.5 Å². The van der Waals surface area contributed by atoms with Gasteiger partial charge in [0, 0.05) is 32.3 Å². The van der Waals surface area contributed by atoms with Crippen molar-refractivity contribution < 1.29 is 0 Å². The maximum absolute atomic E-state index is 14.4. The molecular weight excluding hydrogens is 617 g/mol. The van der Waals surface area contributed by atoms with Crippen molar-refractivity contribution in [3.05, 3.63) is 146 Å². The molecule has 2 atom stereocenters. The molecule has 13 rings (SSSR count). The van der Waals surface area contributed by atoms with E-state index in [0.29, 0.717) is 16.4 Å². The number of hydrogen-bond acceptors (Lipinski definition) is 4. The summed E-state index contributed by atoms with van der Waals surface area (Å²) in [5.41, 5.74) is 2.97. The standard InChI is InChI=1S/C44H22N4O2/c49-43-31-15-11-27-28-12-16-32-40-30(42-46-34-18-22-6-2-4-8-24(22)20-36(34)48(42)44(32)50)14-10-26(38(28)40)25-9-13-29(39(31)37(25)27)41-45-33-17-21-5-1-3-7-23(21)19-35(33)47(41)43/h1-20,33,35H. The van der Waals surface area contributed by atoms with Crippen LogP contribution in [0, 0.1) is 0 Å². The molecule has 2 unspecified atom stereocenters. The highest BCUT2D eigenvalue weighted by molar-refractivity contribution is 6.40. The van der Waals surface area contributed by atoms with Crippen LogP contribution in [0.25, 0.3) is 104 Å². The van der Waals surface area contributed by atoms with Crippen LogP contribution in [0.3, 0.4) is 0 Å². The van der Waals surface area contributed by atoms with Crippen LogP contribution in [0.15, 0.2) is 124 Å². The van der Waals surface area contributed by atoms with Crippen LogP contribution in [-0.2, 0) is 0 Å². The highest BCUT2D eigenvalue weighted by atomic mass is 16.1. The quantitative estimate of drug-likeness (QED) is 0.141. The fourth-order valence-corrected chi connectivity index (χ4v) is 9.51. The van der Waals surface area contributed by atoms with Gasteiger partial charge in [0.1, 0.15) is 11.1 Å². The first-order valence-corrected chi connectivity index (χ1v) is 17.0. The molecule has 230 valence electrons. The van der Waals surface area contributed by atoms with E-state index in [1.807, 2.05) is 41.0 Å². The van der Waals surface area contributed by atoms with Crippen molar-refractivity contribution in [1.29, 1.82) is 0 Å². The zero-order chi connectivity index (χ0) is 32.6. The Labute approximate surface area is 280 Å². The van der Waals surface area contributed by atoms with E-state index in [4.69, 9.17) is 9.98 Å². The van der Waals surface area contributed by atoms with Crippen LogP contribution in [0.4, 0.5) is 0 Å². The van der Waals surface area contributed by atoms with E-state index in [2.05, 4.69) is 84.9 Å². The van der Waals surface area contributed by atoms with Crippen molar-refractivity contribution >= 4 is 104 Å². The van der Waals surface area contributed by atoms with Gasteiger partial charge in [-0.05, 0) is 96.0 Å². The molecule has 1 aliphatic heterocycles. The largest absolute Gasteiger partial charge is 0.283 e. The number of imidazole rings is 1. The number of benzene rings is 8. The maximum Gasteiger partial charge on any atom is 0.264 e. The van der Waals surface area contributed by atoms with E-state index < -0.39 is 0 Å². The Hall–Kier alpha value is -6.66. The topological polar surface area (TPSA) is 68.7 Å². The molecule has 1 aliphatic carbocycles. The van der Waals surface area contributed by atoms with Gasteiger partial charge >= 0.3 is 0 Å². The average molecular weight is 639 g/mol. The van der Waals surface area contributed by atoms with Gasteiger partial charge in [0.25, 0.3) is 11.1 Å². The molecular formula is C44H22N4O2.